The maximum absolute atomic E-state index is 10.5. The number of non-ortho nitro benzene ring substituents is 1. The van der Waals surface area contributed by atoms with E-state index in [0.717, 1.165) is 11.5 Å². The zero-order valence-corrected chi connectivity index (χ0v) is 9.27. The Morgan fingerprint density at radius 3 is 2.59 bits per heavy atom. The number of aromatic nitrogens is 1. The molecule has 17 heavy (non-hydrogen) atoms. The molecule has 0 amide bonds. The van der Waals surface area contributed by atoms with E-state index >= 15 is 0 Å². The number of nitrogens with two attached hydrogens (primary N) is 1. The first-order chi connectivity index (χ1) is 8.13. The summed E-state index contributed by atoms with van der Waals surface area (Å²) in [6, 6.07) is 5.86. The highest BCUT2D eigenvalue weighted by Gasteiger charge is 2.14. The molecule has 0 saturated carbocycles. The van der Waals surface area contributed by atoms with Crippen molar-refractivity contribution in [3.63, 3.8) is 0 Å². The SMILES string of the molecule is [C-]#[N+]c1c(-c2ccc([N+](=O)[O-])cc2)nsc1N. The normalized spacial score (nSPS) is 9.82. The molecule has 2 aromatic rings. The summed E-state index contributed by atoms with van der Waals surface area (Å²) in [7, 11) is 0. The number of nitrogens with zero attached hydrogens (tertiary/aromatic N) is 3. The fourth-order valence-corrected chi connectivity index (χ4v) is 1.95. The maximum atomic E-state index is 10.5. The average Bonchev–Trinajstić information content (AvgIpc) is 2.70. The molecule has 0 spiro atoms. The lowest BCUT2D eigenvalue weighted by atomic mass is 10.1. The van der Waals surface area contributed by atoms with Crippen LogP contribution in [-0.2, 0) is 0 Å². The highest BCUT2D eigenvalue weighted by Crippen LogP contribution is 2.37. The van der Waals surface area contributed by atoms with E-state index in [0.29, 0.717) is 21.9 Å². The minimum absolute atomic E-state index is 0.00122. The Morgan fingerprint density at radius 2 is 2.06 bits per heavy atom. The second-order valence-corrected chi connectivity index (χ2v) is 3.96. The second kappa shape index (κ2) is 4.19. The van der Waals surface area contributed by atoms with Gasteiger partial charge in [0.15, 0.2) is 0 Å². The summed E-state index contributed by atoms with van der Waals surface area (Å²) >= 11 is 1.04. The van der Waals surface area contributed by atoms with E-state index in [4.69, 9.17) is 12.3 Å². The monoisotopic (exact) mass is 246 g/mol. The van der Waals surface area contributed by atoms with Crippen LogP contribution >= 0.6 is 11.5 Å². The van der Waals surface area contributed by atoms with E-state index in [9.17, 15) is 10.1 Å². The predicted molar refractivity (Wildman–Crippen MR) is 64.9 cm³/mol. The van der Waals surface area contributed by atoms with Gasteiger partial charge in [0.05, 0.1) is 17.2 Å². The number of hydrogen-bond acceptors (Lipinski definition) is 5. The van der Waals surface area contributed by atoms with Crippen LogP contribution in [0.2, 0.25) is 0 Å². The van der Waals surface area contributed by atoms with Crippen molar-refractivity contribution < 1.29 is 4.92 Å². The van der Waals surface area contributed by atoms with Gasteiger partial charge in [-0.1, -0.05) is 0 Å². The molecule has 0 atom stereocenters. The summed E-state index contributed by atoms with van der Waals surface area (Å²) in [5.41, 5.74) is 7.02. The summed E-state index contributed by atoms with van der Waals surface area (Å²) in [6.45, 7) is 7.01. The fraction of sp³-hybridized carbons (Fsp3) is 0. The van der Waals surface area contributed by atoms with Gasteiger partial charge in [0.2, 0.25) is 5.69 Å². The van der Waals surface area contributed by atoms with Crippen LogP contribution in [0.3, 0.4) is 0 Å². The van der Waals surface area contributed by atoms with Crippen LogP contribution in [0.1, 0.15) is 0 Å². The van der Waals surface area contributed by atoms with Gasteiger partial charge < -0.3 is 5.73 Å². The molecule has 0 aliphatic carbocycles. The van der Waals surface area contributed by atoms with Gasteiger partial charge in [-0.05, 0) is 29.2 Å². The lowest BCUT2D eigenvalue weighted by Gasteiger charge is -1.97. The van der Waals surface area contributed by atoms with Gasteiger partial charge in [-0.2, -0.15) is 0 Å². The number of anilines is 1. The summed E-state index contributed by atoms with van der Waals surface area (Å²) < 4.78 is 4.06. The average molecular weight is 246 g/mol. The van der Waals surface area contributed by atoms with Crippen LogP contribution in [0.25, 0.3) is 16.1 Å². The van der Waals surface area contributed by atoms with Gasteiger partial charge in [-0.3, -0.25) is 10.1 Å². The summed E-state index contributed by atoms with van der Waals surface area (Å²) in [4.78, 5) is 13.3. The quantitative estimate of drug-likeness (QED) is 0.501. The van der Waals surface area contributed by atoms with Crippen LogP contribution in [0.5, 0.6) is 0 Å². The topological polar surface area (TPSA) is 86.4 Å². The van der Waals surface area contributed by atoms with Gasteiger partial charge in [-0.15, -0.1) is 0 Å². The first-order valence-corrected chi connectivity index (χ1v) is 5.28. The van der Waals surface area contributed by atoms with Crippen molar-refractivity contribution in [3.05, 3.63) is 45.8 Å². The van der Waals surface area contributed by atoms with Crippen molar-refractivity contribution in [2.24, 2.45) is 0 Å². The van der Waals surface area contributed by atoms with Crippen molar-refractivity contribution in [2.75, 3.05) is 5.73 Å². The van der Waals surface area contributed by atoms with Crippen LogP contribution < -0.4 is 5.73 Å². The fourth-order valence-electron chi connectivity index (χ4n) is 1.34. The Balaban J connectivity index is 2.47. The van der Waals surface area contributed by atoms with E-state index in [1.165, 1.54) is 12.1 Å². The standard InChI is InChI=1S/C10H6N4O2S/c1-12-9-8(13-17-10(9)11)6-2-4-7(5-3-6)14(15)16/h2-5H,11H2. The van der Waals surface area contributed by atoms with Crippen molar-refractivity contribution in [2.45, 2.75) is 0 Å². The van der Waals surface area contributed by atoms with Gasteiger partial charge in [0, 0.05) is 12.1 Å². The molecule has 2 N–H and O–H groups in total. The van der Waals surface area contributed by atoms with E-state index in [1.807, 2.05) is 0 Å². The number of nitro benzene ring substituents is 1. The van der Waals surface area contributed by atoms with E-state index in [-0.39, 0.29) is 5.69 Å². The van der Waals surface area contributed by atoms with Crippen molar-refractivity contribution in [1.29, 1.82) is 0 Å². The lowest BCUT2D eigenvalue weighted by molar-refractivity contribution is -0.384. The van der Waals surface area contributed by atoms with Gasteiger partial charge >= 0.3 is 0 Å². The van der Waals surface area contributed by atoms with Gasteiger partial charge in [0.1, 0.15) is 5.00 Å². The molecule has 6 nitrogen and oxygen atoms in total. The number of rotatable bonds is 2. The summed E-state index contributed by atoms with van der Waals surface area (Å²) in [5, 5.41) is 10.9. The molecule has 0 bridgehead atoms. The molecule has 84 valence electrons. The van der Waals surface area contributed by atoms with Gasteiger partial charge in [-0.25, -0.2) is 9.22 Å². The van der Waals surface area contributed by atoms with Crippen LogP contribution in [0.15, 0.2) is 24.3 Å². The predicted octanol–water partition coefficient (Wildman–Crippen LogP) is 2.85. The van der Waals surface area contributed by atoms with E-state index < -0.39 is 4.92 Å². The molecule has 0 unspecified atom stereocenters. The molecule has 0 aliphatic rings. The first-order valence-electron chi connectivity index (χ1n) is 4.51. The van der Waals surface area contributed by atoms with Crippen molar-refractivity contribution in [1.82, 2.24) is 4.37 Å². The van der Waals surface area contributed by atoms with E-state index in [2.05, 4.69) is 9.22 Å². The third-order valence-electron chi connectivity index (χ3n) is 2.16. The number of benzene rings is 1. The zero-order chi connectivity index (χ0) is 12.4. The van der Waals surface area contributed by atoms with Crippen LogP contribution in [0, 0.1) is 16.7 Å². The molecule has 0 radical (unpaired) electrons. The Hall–Kier alpha value is -2.46. The third-order valence-corrected chi connectivity index (χ3v) is 2.82. The summed E-state index contributed by atoms with van der Waals surface area (Å²) in [5.74, 6) is 0. The number of nitrogen functional groups attached to an aromatic ring is 1. The van der Waals surface area contributed by atoms with Crippen LogP contribution in [0.4, 0.5) is 16.4 Å². The highest BCUT2D eigenvalue weighted by atomic mass is 32.1. The highest BCUT2D eigenvalue weighted by molar-refractivity contribution is 7.11. The van der Waals surface area contributed by atoms with Gasteiger partial charge in [0.25, 0.3) is 5.69 Å². The smallest absolute Gasteiger partial charge is 0.269 e. The maximum Gasteiger partial charge on any atom is 0.269 e. The molecule has 0 aliphatic heterocycles. The molecule has 0 fully saturated rings. The molecule has 0 saturated heterocycles. The number of hydrogen-bond donors (Lipinski definition) is 1. The molecule has 1 aromatic carbocycles. The van der Waals surface area contributed by atoms with Crippen molar-refractivity contribution >= 4 is 27.9 Å². The largest absolute Gasteiger partial charge is 0.398 e. The lowest BCUT2D eigenvalue weighted by Crippen LogP contribution is -1.87. The Kier molecular flexibility index (Phi) is 2.72. The Bertz CT molecular complexity index is 612. The van der Waals surface area contributed by atoms with E-state index in [1.54, 1.807) is 12.1 Å². The first kappa shape index (κ1) is 11.0. The second-order valence-electron chi connectivity index (χ2n) is 3.16. The zero-order valence-electron chi connectivity index (χ0n) is 8.45. The Morgan fingerprint density at radius 1 is 1.41 bits per heavy atom. The van der Waals surface area contributed by atoms with Crippen molar-refractivity contribution in [3.8, 4) is 11.3 Å². The Labute approximate surface area is 100 Å². The molecular formula is C10H6N4O2S. The third kappa shape index (κ3) is 1.93. The molecule has 2 rings (SSSR count). The van der Waals surface area contributed by atoms with Crippen LogP contribution in [-0.4, -0.2) is 9.30 Å². The summed E-state index contributed by atoms with van der Waals surface area (Å²) in [6.07, 6.45) is 0. The minimum Gasteiger partial charge on any atom is -0.398 e. The molecule has 1 heterocycles. The molecular weight excluding hydrogens is 240 g/mol. The minimum atomic E-state index is -0.477. The number of nitro groups is 1. The molecule has 1 aromatic heterocycles. The molecule has 7 heteroatoms.